The maximum absolute atomic E-state index is 11.5. The number of carbonyl (C=O) groups excluding carboxylic acids is 1. The third-order valence-electron chi connectivity index (χ3n) is 3.69. The normalized spacial score (nSPS) is 10.2. The van der Waals surface area contributed by atoms with Gasteiger partial charge in [0.1, 0.15) is 0 Å². The summed E-state index contributed by atoms with van der Waals surface area (Å²) in [5.41, 5.74) is 2.20. The van der Waals surface area contributed by atoms with Gasteiger partial charge in [-0.15, -0.1) is 0 Å². The average molecular weight is 364 g/mol. The highest BCUT2D eigenvalue weighted by molar-refractivity contribution is 5.89. The molecule has 9 heteroatoms. The van der Waals surface area contributed by atoms with Crippen molar-refractivity contribution in [3.63, 3.8) is 0 Å². The molecule has 3 aromatic rings. The maximum atomic E-state index is 11.5. The smallest absolute Gasteiger partial charge is 0.319 e. The minimum absolute atomic E-state index is 0.0893. The van der Waals surface area contributed by atoms with Gasteiger partial charge in [0.05, 0.1) is 41.9 Å². The van der Waals surface area contributed by atoms with E-state index >= 15 is 0 Å². The van der Waals surface area contributed by atoms with Gasteiger partial charge in [0.25, 0.3) is 0 Å². The number of hydrogen-bond donors (Lipinski definition) is 4. The molecule has 0 atom stereocenters. The van der Waals surface area contributed by atoms with Crippen LogP contribution in [-0.2, 0) is 0 Å². The fourth-order valence-corrected chi connectivity index (χ4v) is 2.37. The number of aromatic nitrogens is 3. The van der Waals surface area contributed by atoms with Crippen molar-refractivity contribution in [2.24, 2.45) is 0 Å². The first-order chi connectivity index (χ1) is 13.1. The van der Waals surface area contributed by atoms with Crippen molar-refractivity contribution in [2.45, 2.75) is 0 Å². The Bertz CT molecular complexity index is 974. The van der Waals surface area contributed by atoms with Gasteiger partial charge < -0.3 is 20.8 Å². The third-order valence-corrected chi connectivity index (χ3v) is 3.69. The lowest BCUT2D eigenvalue weighted by molar-refractivity contribution is 0.245. The summed E-state index contributed by atoms with van der Waals surface area (Å²) in [7, 11) is 0. The highest BCUT2D eigenvalue weighted by Crippen LogP contribution is 2.30. The zero-order valence-corrected chi connectivity index (χ0v) is 14.1. The van der Waals surface area contributed by atoms with Gasteiger partial charge in [-0.25, -0.2) is 9.78 Å². The number of nitrogens with zero attached hydrogens (tertiary/aromatic N) is 4. The fraction of sp³-hybridized carbons (Fsp3) is 0.111. The summed E-state index contributed by atoms with van der Waals surface area (Å²) in [4.78, 5) is 15.7. The van der Waals surface area contributed by atoms with Gasteiger partial charge in [-0.1, -0.05) is 12.1 Å². The van der Waals surface area contributed by atoms with E-state index in [9.17, 15) is 9.90 Å². The molecule has 0 bridgehead atoms. The molecular formula is C18H16N6O3. The Labute approximate surface area is 154 Å². The molecule has 1 aromatic carbocycles. The molecule has 2 amide bonds. The molecule has 0 spiro atoms. The number of amides is 2. The van der Waals surface area contributed by atoms with Crippen LogP contribution in [0.3, 0.4) is 0 Å². The number of benzene rings is 1. The van der Waals surface area contributed by atoms with Gasteiger partial charge in [0, 0.05) is 6.54 Å². The standard InChI is InChI=1S/C18H16N6O3/c19-9-12-1-3-13(4-2-12)15-11-22-24(17(15)26)16-6-5-14(10-21-16)23-18(27)20-7-8-25/h1-6,10-11,25-26H,7-8H2,(H2,20,23,27). The number of carbonyl (C=O) groups is 1. The summed E-state index contributed by atoms with van der Waals surface area (Å²) in [5, 5.41) is 37.2. The molecule has 2 heterocycles. The number of nitrogens with one attached hydrogen (secondary N) is 2. The van der Waals surface area contributed by atoms with E-state index in [1.165, 1.54) is 17.1 Å². The number of pyridine rings is 1. The molecule has 0 saturated carbocycles. The second-order valence-corrected chi connectivity index (χ2v) is 5.49. The zero-order chi connectivity index (χ0) is 19.2. The predicted octanol–water partition coefficient (Wildman–Crippen LogP) is 1.63. The summed E-state index contributed by atoms with van der Waals surface area (Å²) in [6, 6.07) is 11.6. The fourth-order valence-electron chi connectivity index (χ4n) is 2.37. The summed E-state index contributed by atoms with van der Waals surface area (Å²) in [5.74, 6) is 0.280. The maximum Gasteiger partial charge on any atom is 0.319 e. The van der Waals surface area contributed by atoms with Crippen LogP contribution in [0.25, 0.3) is 16.9 Å². The molecule has 27 heavy (non-hydrogen) atoms. The third kappa shape index (κ3) is 4.02. The lowest BCUT2D eigenvalue weighted by Crippen LogP contribution is -2.30. The Balaban J connectivity index is 1.78. The van der Waals surface area contributed by atoms with Crippen LogP contribution in [-0.4, -0.2) is 44.2 Å². The Kier molecular flexibility index (Phi) is 5.30. The van der Waals surface area contributed by atoms with Crippen LogP contribution >= 0.6 is 0 Å². The van der Waals surface area contributed by atoms with E-state index in [0.29, 0.717) is 22.6 Å². The quantitative estimate of drug-likeness (QED) is 0.543. The molecule has 0 fully saturated rings. The number of hydrogen-bond acceptors (Lipinski definition) is 6. The van der Waals surface area contributed by atoms with E-state index < -0.39 is 6.03 Å². The molecule has 3 rings (SSSR count). The monoisotopic (exact) mass is 364 g/mol. The molecule has 9 nitrogen and oxygen atoms in total. The highest BCUT2D eigenvalue weighted by atomic mass is 16.3. The Hall–Kier alpha value is -3.90. The molecule has 4 N–H and O–H groups in total. The number of aliphatic hydroxyl groups is 1. The van der Waals surface area contributed by atoms with Gasteiger partial charge in [-0.2, -0.15) is 15.0 Å². The second kappa shape index (κ2) is 7.99. The minimum atomic E-state index is -0.455. The number of anilines is 1. The van der Waals surface area contributed by atoms with Gasteiger partial charge in [0.15, 0.2) is 5.82 Å². The summed E-state index contributed by atoms with van der Waals surface area (Å²) >= 11 is 0. The minimum Gasteiger partial charge on any atom is -0.493 e. The molecular weight excluding hydrogens is 348 g/mol. The summed E-state index contributed by atoms with van der Waals surface area (Å²) in [6.45, 7) is 0.00137. The van der Waals surface area contributed by atoms with Crippen LogP contribution in [0, 0.1) is 11.3 Å². The second-order valence-electron chi connectivity index (χ2n) is 5.49. The Morgan fingerprint density at radius 3 is 2.59 bits per heavy atom. The molecule has 0 radical (unpaired) electrons. The Morgan fingerprint density at radius 2 is 1.96 bits per heavy atom. The molecule has 2 aromatic heterocycles. The van der Waals surface area contributed by atoms with Crippen molar-refractivity contribution in [3.05, 3.63) is 54.4 Å². The van der Waals surface area contributed by atoms with Crippen molar-refractivity contribution < 1.29 is 15.0 Å². The van der Waals surface area contributed by atoms with Crippen LogP contribution in [0.4, 0.5) is 10.5 Å². The predicted molar refractivity (Wildman–Crippen MR) is 97.3 cm³/mol. The van der Waals surface area contributed by atoms with Crippen LogP contribution in [0.15, 0.2) is 48.8 Å². The lowest BCUT2D eigenvalue weighted by Gasteiger charge is -2.07. The summed E-state index contributed by atoms with van der Waals surface area (Å²) in [6.07, 6.45) is 2.93. The largest absolute Gasteiger partial charge is 0.493 e. The molecule has 0 aliphatic rings. The molecule has 0 unspecified atom stereocenters. The number of nitriles is 1. The number of rotatable bonds is 5. The molecule has 0 saturated heterocycles. The number of aromatic hydroxyl groups is 1. The SMILES string of the molecule is N#Cc1ccc(-c2cnn(-c3ccc(NC(=O)NCCO)cn3)c2O)cc1. The van der Waals surface area contributed by atoms with Crippen molar-refractivity contribution in [2.75, 3.05) is 18.5 Å². The van der Waals surface area contributed by atoms with Gasteiger partial charge in [-0.3, -0.25) is 0 Å². The zero-order valence-electron chi connectivity index (χ0n) is 14.1. The van der Waals surface area contributed by atoms with E-state index in [-0.39, 0.29) is 19.0 Å². The van der Waals surface area contributed by atoms with E-state index in [4.69, 9.17) is 10.4 Å². The molecule has 0 aliphatic heterocycles. The summed E-state index contributed by atoms with van der Waals surface area (Å²) < 4.78 is 1.27. The number of aliphatic hydroxyl groups excluding tert-OH is 1. The lowest BCUT2D eigenvalue weighted by atomic mass is 10.1. The van der Waals surface area contributed by atoms with Crippen molar-refractivity contribution in [1.82, 2.24) is 20.1 Å². The van der Waals surface area contributed by atoms with Crippen LogP contribution in [0.2, 0.25) is 0 Å². The van der Waals surface area contributed by atoms with E-state index in [0.717, 1.165) is 5.56 Å². The van der Waals surface area contributed by atoms with Crippen LogP contribution in [0.5, 0.6) is 5.88 Å². The van der Waals surface area contributed by atoms with Crippen molar-refractivity contribution >= 4 is 11.7 Å². The topological polar surface area (TPSA) is 136 Å². The highest BCUT2D eigenvalue weighted by Gasteiger charge is 2.14. The molecule has 136 valence electrons. The van der Waals surface area contributed by atoms with Gasteiger partial charge in [-0.05, 0) is 29.8 Å². The van der Waals surface area contributed by atoms with Gasteiger partial charge in [0.2, 0.25) is 5.88 Å². The van der Waals surface area contributed by atoms with Crippen molar-refractivity contribution in [3.8, 4) is 28.9 Å². The molecule has 0 aliphatic carbocycles. The van der Waals surface area contributed by atoms with Crippen LogP contribution in [0.1, 0.15) is 5.56 Å². The first-order valence-corrected chi connectivity index (χ1v) is 8.02. The van der Waals surface area contributed by atoms with Crippen LogP contribution < -0.4 is 10.6 Å². The number of urea groups is 1. The van der Waals surface area contributed by atoms with Gasteiger partial charge >= 0.3 is 6.03 Å². The van der Waals surface area contributed by atoms with E-state index in [1.54, 1.807) is 36.4 Å². The Morgan fingerprint density at radius 1 is 1.19 bits per heavy atom. The first-order valence-electron chi connectivity index (χ1n) is 8.02. The first kappa shape index (κ1) is 17.9. The average Bonchev–Trinajstić information content (AvgIpc) is 3.08. The van der Waals surface area contributed by atoms with E-state index in [1.807, 2.05) is 6.07 Å². The van der Waals surface area contributed by atoms with Crippen molar-refractivity contribution in [1.29, 1.82) is 5.26 Å². The van der Waals surface area contributed by atoms with E-state index in [2.05, 4.69) is 20.7 Å².